The summed E-state index contributed by atoms with van der Waals surface area (Å²) in [5.74, 6) is 0. The Hall–Kier alpha value is 0.557. The van der Waals surface area contributed by atoms with Crippen molar-refractivity contribution < 1.29 is 0 Å². The van der Waals surface area contributed by atoms with Gasteiger partial charge in [-0.3, -0.25) is 0 Å². The molecule has 0 bridgehead atoms. The van der Waals surface area contributed by atoms with Crippen LogP contribution in [-0.2, 0) is 0 Å². The first-order valence-corrected chi connectivity index (χ1v) is 5.12. The SMILES string of the molecule is CCCCCCNCCCC.[LiH]. The van der Waals surface area contributed by atoms with Gasteiger partial charge in [-0.15, -0.1) is 0 Å². The molecule has 0 amide bonds. The van der Waals surface area contributed by atoms with Crippen LogP contribution in [0.25, 0.3) is 0 Å². The molecule has 0 aliphatic heterocycles. The van der Waals surface area contributed by atoms with E-state index in [0.29, 0.717) is 0 Å². The molecular formula is C10H24LiN. The van der Waals surface area contributed by atoms with Crippen molar-refractivity contribution in [2.45, 2.75) is 52.4 Å². The zero-order valence-electron chi connectivity index (χ0n) is 8.16. The summed E-state index contributed by atoms with van der Waals surface area (Å²) in [4.78, 5) is 0. The molecule has 0 unspecified atom stereocenters. The third-order valence-corrected chi connectivity index (χ3v) is 1.91. The molecule has 0 aliphatic carbocycles. The molecule has 0 spiro atoms. The Bertz CT molecular complexity index is 58.9. The molecule has 0 saturated heterocycles. The third kappa shape index (κ3) is 13.2. The van der Waals surface area contributed by atoms with Crippen LogP contribution in [0.2, 0.25) is 0 Å². The van der Waals surface area contributed by atoms with Gasteiger partial charge in [-0.05, 0) is 25.9 Å². The average Bonchev–Trinajstić information content (AvgIpc) is 2.03. The van der Waals surface area contributed by atoms with Gasteiger partial charge in [-0.1, -0.05) is 39.5 Å². The van der Waals surface area contributed by atoms with Crippen molar-refractivity contribution in [3.05, 3.63) is 0 Å². The first-order valence-electron chi connectivity index (χ1n) is 5.12. The Balaban J connectivity index is 0. The zero-order chi connectivity index (χ0) is 8.36. The van der Waals surface area contributed by atoms with Gasteiger partial charge >= 0.3 is 18.9 Å². The molecule has 0 aliphatic rings. The predicted octanol–water partition coefficient (Wildman–Crippen LogP) is 2.31. The Labute approximate surface area is 89.9 Å². The molecule has 70 valence electrons. The molecule has 1 N–H and O–H groups in total. The van der Waals surface area contributed by atoms with Crippen molar-refractivity contribution in [2.24, 2.45) is 0 Å². The normalized spacial score (nSPS) is 9.50. The second-order valence-electron chi connectivity index (χ2n) is 3.16. The van der Waals surface area contributed by atoms with Gasteiger partial charge in [0.25, 0.3) is 0 Å². The van der Waals surface area contributed by atoms with Gasteiger partial charge in [0.1, 0.15) is 0 Å². The number of nitrogens with one attached hydrogen (secondary N) is 1. The van der Waals surface area contributed by atoms with Crippen LogP contribution >= 0.6 is 0 Å². The van der Waals surface area contributed by atoms with Crippen molar-refractivity contribution >= 4 is 18.9 Å². The van der Waals surface area contributed by atoms with E-state index in [1.807, 2.05) is 0 Å². The summed E-state index contributed by atoms with van der Waals surface area (Å²) >= 11 is 0. The van der Waals surface area contributed by atoms with Crippen LogP contribution in [-0.4, -0.2) is 32.0 Å². The van der Waals surface area contributed by atoms with E-state index in [0.717, 1.165) is 0 Å². The molecular weight excluding hydrogens is 141 g/mol. The number of hydrogen-bond donors (Lipinski definition) is 1. The molecule has 0 rings (SSSR count). The molecule has 12 heavy (non-hydrogen) atoms. The minimum absolute atomic E-state index is 0. The number of rotatable bonds is 8. The maximum absolute atomic E-state index is 3.45. The van der Waals surface area contributed by atoms with E-state index in [1.54, 1.807) is 0 Å². The first kappa shape index (κ1) is 15.0. The molecule has 0 fully saturated rings. The van der Waals surface area contributed by atoms with Gasteiger partial charge in [0.2, 0.25) is 0 Å². The van der Waals surface area contributed by atoms with Crippen LogP contribution in [0.4, 0.5) is 0 Å². The van der Waals surface area contributed by atoms with E-state index in [2.05, 4.69) is 19.2 Å². The summed E-state index contributed by atoms with van der Waals surface area (Å²) in [5.41, 5.74) is 0. The molecule has 0 atom stereocenters. The number of unbranched alkanes of at least 4 members (excludes halogenated alkanes) is 4. The molecule has 0 aromatic heterocycles. The molecule has 0 radical (unpaired) electrons. The van der Waals surface area contributed by atoms with Gasteiger partial charge in [-0.25, -0.2) is 0 Å². The second kappa shape index (κ2) is 14.1. The molecule has 2 heteroatoms. The molecule has 1 nitrogen and oxygen atoms in total. The van der Waals surface area contributed by atoms with E-state index in [4.69, 9.17) is 0 Å². The van der Waals surface area contributed by atoms with Crippen LogP contribution in [0, 0.1) is 0 Å². The summed E-state index contributed by atoms with van der Waals surface area (Å²) in [7, 11) is 0. The van der Waals surface area contributed by atoms with Crippen LogP contribution in [0.5, 0.6) is 0 Å². The Morgan fingerprint density at radius 1 is 0.750 bits per heavy atom. The monoisotopic (exact) mass is 165 g/mol. The van der Waals surface area contributed by atoms with E-state index in [-0.39, 0.29) is 18.9 Å². The summed E-state index contributed by atoms with van der Waals surface area (Å²) < 4.78 is 0. The topological polar surface area (TPSA) is 12.0 Å². The molecule has 0 saturated carbocycles. The quantitative estimate of drug-likeness (QED) is 0.430. The van der Waals surface area contributed by atoms with Crippen molar-refractivity contribution in [3.63, 3.8) is 0 Å². The second-order valence-corrected chi connectivity index (χ2v) is 3.16. The van der Waals surface area contributed by atoms with E-state index < -0.39 is 0 Å². The fraction of sp³-hybridized carbons (Fsp3) is 1.00. The van der Waals surface area contributed by atoms with Gasteiger partial charge < -0.3 is 5.32 Å². The predicted molar refractivity (Wildman–Crippen MR) is 59.1 cm³/mol. The Kier molecular flexibility index (Phi) is 17.7. The maximum atomic E-state index is 3.45. The Morgan fingerprint density at radius 2 is 1.33 bits per heavy atom. The average molecular weight is 165 g/mol. The zero-order valence-corrected chi connectivity index (χ0v) is 8.16. The fourth-order valence-corrected chi connectivity index (χ4v) is 1.10. The standard InChI is InChI=1S/C10H23N.Li.H/c1-3-5-7-8-10-11-9-6-4-2;;/h11H,3-10H2,1-2H3;;. The van der Waals surface area contributed by atoms with Crippen LogP contribution in [0.1, 0.15) is 52.4 Å². The molecule has 0 heterocycles. The van der Waals surface area contributed by atoms with Crippen molar-refractivity contribution in [1.29, 1.82) is 0 Å². The van der Waals surface area contributed by atoms with Gasteiger partial charge in [0, 0.05) is 0 Å². The van der Waals surface area contributed by atoms with Gasteiger partial charge in [0.15, 0.2) is 0 Å². The molecule has 0 aromatic carbocycles. The van der Waals surface area contributed by atoms with E-state index in [1.165, 1.54) is 51.6 Å². The van der Waals surface area contributed by atoms with E-state index >= 15 is 0 Å². The number of hydrogen-bond acceptors (Lipinski definition) is 1. The van der Waals surface area contributed by atoms with Crippen molar-refractivity contribution in [3.8, 4) is 0 Å². The van der Waals surface area contributed by atoms with Crippen LogP contribution in [0.15, 0.2) is 0 Å². The summed E-state index contributed by atoms with van der Waals surface area (Å²) in [6.07, 6.45) is 8.13. The van der Waals surface area contributed by atoms with Crippen LogP contribution < -0.4 is 5.32 Å². The molecule has 0 aromatic rings. The summed E-state index contributed by atoms with van der Waals surface area (Å²) in [5, 5.41) is 3.45. The van der Waals surface area contributed by atoms with Crippen molar-refractivity contribution in [2.75, 3.05) is 13.1 Å². The van der Waals surface area contributed by atoms with Crippen LogP contribution in [0.3, 0.4) is 0 Å². The van der Waals surface area contributed by atoms with Crippen molar-refractivity contribution in [1.82, 2.24) is 5.32 Å². The summed E-state index contributed by atoms with van der Waals surface area (Å²) in [6.45, 7) is 6.92. The third-order valence-electron chi connectivity index (χ3n) is 1.91. The minimum atomic E-state index is 0. The summed E-state index contributed by atoms with van der Waals surface area (Å²) in [6, 6.07) is 0. The van der Waals surface area contributed by atoms with Gasteiger partial charge in [-0.2, -0.15) is 0 Å². The van der Waals surface area contributed by atoms with Gasteiger partial charge in [0.05, 0.1) is 0 Å². The Morgan fingerprint density at radius 3 is 1.92 bits per heavy atom. The fourth-order valence-electron chi connectivity index (χ4n) is 1.10. The first-order chi connectivity index (χ1) is 5.41. The van der Waals surface area contributed by atoms with E-state index in [9.17, 15) is 0 Å².